The number of thiophene rings is 2. The first-order valence-electron chi connectivity index (χ1n) is 8.03. The highest BCUT2D eigenvalue weighted by Crippen LogP contribution is 2.35. The van der Waals surface area contributed by atoms with Gasteiger partial charge in [-0.2, -0.15) is 0 Å². The third kappa shape index (κ3) is 3.32. The number of hydrogen-bond donors (Lipinski definition) is 1. The van der Waals surface area contributed by atoms with Crippen molar-refractivity contribution in [3.05, 3.63) is 64.2 Å². The minimum absolute atomic E-state index is 0.139. The summed E-state index contributed by atoms with van der Waals surface area (Å²) in [4.78, 5) is 24.5. The summed E-state index contributed by atoms with van der Waals surface area (Å²) in [5.74, 6) is -0.139. The molecule has 0 bridgehead atoms. The fourth-order valence-corrected chi connectivity index (χ4v) is 5.97. The standard InChI is InChI=1S/C19H11N3OS4/c23-17(22-19-21-12(10-25-19)13-6-3-9-24-13)15-7-8-16(26-15)18-20-11-4-1-2-5-14(11)27-18/h1-10H,(H,21,22,23). The normalized spacial score (nSPS) is 11.1. The van der Waals surface area contributed by atoms with Crippen molar-refractivity contribution < 1.29 is 4.79 Å². The van der Waals surface area contributed by atoms with Crippen LogP contribution in [0.1, 0.15) is 9.67 Å². The highest BCUT2D eigenvalue weighted by Gasteiger charge is 2.15. The van der Waals surface area contributed by atoms with Gasteiger partial charge in [0.1, 0.15) is 5.01 Å². The second-order valence-corrected chi connectivity index (χ2v) is 9.54. The van der Waals surface area contributed by atoms with Gasteiger partial charge in [0.05, 0.1) is 30.5 Å². The van der Waals surface area contributed by atoms with Crippen LogP contribution in [0.5, 0.6) is 0 Å². The fraction of sp³-hybridized carbons (Fsp3) is 0. The number of hydrogen-bond acceptors (Lipinski definition) is 7. The molecule has 0 aliphatic heterocycles. The molecule has 4 aromatic heterocycles. The van der Waals surface area contributed by atoms with Crippen molar-refractivity contribution in [2.45, 2.75) is 0 Å². The van der Waals surface area contributed by atoms with Crippen molar-refractivity contribution >= 4 is 66.6 Å². The molecule has 0 radical (unpaired) electrons. The number of rotatable bonds is 4. The fourth-order valence-electron chi connectivity index (χ4n) is 2.58. The van der Waals surface area contributed by atoms with Crippen molar-refractivity contribution in [1.29, 1.82) is 0 Å². The van der Waals surface area contributed by atoms with Gasteiger partial charge in [0, 0.05) is 5.38 Å². The number of nitrogens with one attached hydrogen (secondary N) is 1. The molecule has 0 aliphatic rings. The third-order valence-corrected chi connectivity index (χ3v) is 7.77. The number of para-hydroxylation sites is 1. The van der Waals surface area contributed by atoms with Crippen LogP contribution in [-0.4, -0.2) is 15.9 Å². The largest absolute Gasteiger partial charge is 0.297 e. The summed E-state index contributed by atoms with van der Waals surface area (Å²) in [6.45, 7) is 0. The van der Waals surface area contributed by atoms with E-state index in [0.717, 1.165) is 30.7 Å². The van der Waals surface area contributed by atoms with Crippen molar-refractivity contribution in [1.82, 2.24) is 9.97 Å². The molecule has 0 saturated carbocycles. The van der Waals surface area contributed by atoms with Crippen molar-refractivity contribution in [2.24, 2.45) is 0 Å². The van der Waals surface area contributed by atoms with E-state index in [1.54, 1.807) is 22.7 Å². The van der Waals surface area contributed by atoms with Gasteiger partial charge in [-0.15, -0.1) is 45.3 Å². The predicted octanol–water partition coefficient (Wildman–Crippen LogP) is 6.46. The summed E-state index contributed by atoms with van der Waals surface area (Å²) in [7, 11) is 0. The van der Waals surface area contributed by atoms with Gasteiger partial charge in [-0.1, -0.05) is 18.2 Å². The summed E-state index contributed by atoms with van der Waals surface area (Å²) >= 11 is 6.16. The van der Waals surface area contributed by atoms with Crippen LogP contribution in [0.25, 0.3) is 30.7 Å². The minimum atomic E-state index is -0.139. The third-order valence-electron chi connectivity index (χ3n) is 3.83. The Morgan fingerprint density at radius 1 is 0.889 bits per heavy atom. The van der Waals surface area contributed by atoms with Crippen LogP contribution in [0.4, 0.5) is 5.13 Å². The summed E-state index contributed by atoms with van der Waals surface area (Å²) < 4.78 is 1.15. The van der Waals surface area contributed by atoms with Crippen LogP contribution in [0.2, 0.25) is 0 Å². The number of carbonyl (C=O) groups excluding carboxylic acids is 1. The number of thiazole rings is 2. The maximum absolute atomic E-state index is 12.6. The molecule has 4 nitrogen and oxygen atoms in total. The minimum Gasteiger partial charge on any atom is -0.297 e. The Balaban J connectivity index is 1.35. The summed E-state index contributed by atoms with van der Waals surface area (Å²) in [5, 5.41) is 8.42. The molecule has 8 heteroatoms. The number of fused-ring (bicyclic) bond motifs is 1. The van der Waals surface area contributed by atoms with Crippen LogP contribution in [-0.2, 0) is 0 Å². The highest BCUT2D eigenvalue weighted by molar-refractivity contribution is 7.26. The van der Waals surface area contributed by atoms with Crippen LogP contribution in [0.15, 0.2) is 59.3 Å². The zero-order valence-electron chi connectivity index (χ0n) is 13.7. The second kappa shape index (κ2) is 6.97. The molecule has 0 atom stereocenters. The van der Waals surface area contributed by atoms with Gasteiger partial charge in [-0.25, -0.2) is 9.97 Å². The molecule has 5 rings (SSSR count). The van der Waals surface area contributed by atoms with Crippen molar-refractivity contribution in [3.63, 3.8) is 0 Å². The quantitative estimate of drug-likeness (QED) is 0.359. The molecule has 0 unspecified atom stereocenters. The molecule has 0 fully saturated rings. The van der Waals surface area contributed by atoms with E-state index in [4.69, 9.17) is 0 Å². The van der Waals surface area contributed by atoms with Crippen molar-refractivity contribution in [3.8, 4) is 20.5 Å². The molecule has 1 aromatic carbocycles. The predicted molar refractivity (Wildman–Crippen MR) is 116 cm³/mol. The lowest BCUT2D eigenvalue weighted by atomic mass is 10.3. The first-order valence-corrected chi connectivity index (χ1v) is 11.4. The van der Waals surface area contributed by atoms with E-state index in [0.29, 0.717) is 10.0 Å². The molecule has 132 valence electrons. The van der Waals surface area contributed by atoms with Gasteiger partial charge in [0.25, 0.3) is 5.91 Å². The molecule has 27 heavy (non-hydrogen) atoms. The molecule has 0 saturated heterocycles. The Kier molecular flexibility index (Phi) is 4.33. The second-order valence-electron chi connectivity index (χ2n) is 5.62. The Bertz CT molecular complexity index is 1200. The molecule has 5 aromatic rings. The molecule has 1 amide bonds. The van der Waals surface area contributed by atoms with Crippen LogP contribution in [0.3, 0.4) is 0 Å². The lowest BCUT2D eigenvalue weighted by Gasteiger charge is -1.97. The number of carbonyl (C=O) groups is 1. The van der Waals surface area contributed by atoms with Crippen molar-refractivity contribution in [2.75, 3.05) is 5.32 Å². The summed E-state index contributed by atoms with van der Waals surface area (Å²) in [6.07, 6.45) is 0. The van der Waals surface area contributed by atoms with Crippen LogP contribution >= 0.6 is 45.3 Å². The maximum atomic E-state index is 12.6. The molecule has 0 spiro atoms. The van der Waals surface area contributed by atoms with Gasteiger partial charge in [0.2, 0.25) is 0 Å². The molecule has 1 N–H and O–H groups in total. The van der Waals surface area contributed by atoms with Crippen LogP contribution in [0, 0.1) is 0 Å². The first-order chi connectivity index (χ1) is 13.3. The van der Waals surface area contributed by atoms with E-state index < -0.39 is 0 Å². The first kappa shape index (κ1) is 16.8. The molecule has 4 heterocycles. The average molecular weight is 426 g/mol. The van der Waals surface area contributed by atoms with E-state index in [1.165, 1.54) is 22.7 Å². The zero-order valence-corrected chi connectivity index (χ0v) is 17.0. The Morgan fingerprint density at radius 3 is 2.67 bits per heavy atom. The topological polar surface area (TPSA) is 54.9 Å². The zero-order chi connectivity index (χ0) is 18.2. The van der Waals surface area contributed by atoms with Crippen LogP contribution < -0.4 is 5.32 Å². The van der Waals surface area contributed by atoms with E-state index in [-0.39, 0.29) is 5.91 Å². The van der Waals surface area contributed by atoms with E-state index in [9.17, 15) is 4.79 Å². The summed E-state index contributed by atoms with van der Waals surface area (Å²) in [6, 6.07) is 15.9. The molecular formula is C19H11N3OS4. The van der Waals surface area contributed by atoms with Gasteiger partial charge >= 0.3 is 0 Å². The highest BCUT2D eigenvalue weighted by atomic mass is 32.1. The van der Waals surface area contributed by atoms with Gasteiger partial charge in [0.15, 0.2) is 5.13 Å². The van der Waals surface area contributed by atoms with E-state index in [2.05, 4.69) is 21.4 Å². The summed E-state index contributed by atoms with van der Waals surface area (Å²) in [5.41, 5.74) is 1.88. The lowest BCUT2D eigenvalue weighted by molar-refractivity contribution is 0.103. The molecular weight excluding hydrogens is 414 g/mol. The van der Waals surface area contributed by atoms with E-state index in [1.807, 2.05) is 53.2 Å². The monoisotopic (exact) mass is 425 g/mol. The number of nitrogens with zero attached hydrogens (tertiary/aromatic N) is 2. The number of amides is 1. The van der Waals surface area contributed by atoms with Gasteiger partial charge in [-0.05, 0) is 35.7 Å². The van der Waals surface area contributed by atoms with E-state index >= 15 is 0 Å². The number of benzene rings is 1. The molecule has 0 aliphatic carbocycles. The average Bonchev–Trinajstić information content (AvgIpc) is 3.47. The van der Waals surface area contributed by atoms with Gasteiger partial charge < -0.3 is 0 Å². The maximum Gasteiger partial charge on any atom is 0.267 e. The Morgan fingerprint density at radius 2 is 1.81 bits per heavy atom. The smallest absolute Gasteiger partial charge is 0.267 e. The number of aromatic nitrogens is 2. The Labute approximate surface area is 170 Å². The Hall–Kier alpha value is -2.39. The SMILES string of the molecule is O=C(Nc1nc(-c2cccs2)cs1)c1ccc(-c2nc3ccccc3s2)s1. The van der Waals surface area contributed by atoms with Gasteiger partial charge in [-0.3, -0.25) is 10.1 Å². The number of anilines is 1. The lowest BCUT2D eigenvalue weighted by Crippen LogP contribution is -2.09.